The quantitative estimate of drug-likeness (QED) is 0.559. The highest BCUT2D eigenvalue weighted by atomic mass is 16.5. The molecule has 0 bridgehead atoms. The van der Waals surface area contributed by atoms with Crippen molar-refractivity contribution in [3.05, 3.63) is 0 Å². The van der Waals surface area contributed by atoms with E-state index < -0.39 is 5.41 Å². The zero-order valence-electron chi connectivity index (χ0n) is 6.85. The molecule has 1 aliphatic rings. The maximum absolute atomic E-state index is 11.2. The van der Waals surface area contributed by atoms with Gasteiger partial charge in [-0.05, 0) is 19.8 Å². The molecule has 1 saturated carbocycles. The Morgan fingerprint density at radius 1 is 1.45 bits per heavy atom. The molecule has 0 atom stereocenters. The van der Waals surface area contributed by atoms with Gasteiger partial charge in [0.05, 0.1) is 5.41 Å². The smallest absolute Gasteiger partial charge is 0.171 e. The van der Waals surface area contributed by atoms with Crippen molar-refractivity contribution in [3.63, 3.8) is 0 Å². The predicted molar refractivity (Wildman–Crippen MR) is 39.2 cm³/mol. The molecule has 0 amide bonds. The van der Waals surface area contributed by atoms with Crippen LogP contribution in [0.2, 0.25) is 0 Å². The Morgan fingerprint density at radius 2 is 2.00 bits per heavy atom. The van der Waals surface area contributed by atoms with Crippen molar-refractivity contribution in [2.75, 3.05) is 13.7 Å². The number of carbonyl (C=O) groups is 2. The van der Waals surface area contributed by atoms with E-state index in [9.17, 15) is 9.59 Å². The van der Waals surface area contributed by atoms with Gasteiger partial charge in [0.2, 0.25) is 0 Å². The van der Waals surface area contributed by atoms with Crippen LogP contribution in [-0.4, -0.2) is 25.3 Å². The van der Waals surface area contributed by atoms with Crippen LogP contribution in [0, 0.1) is 5.41 Å². The number of carbonyl (C=O) groups excluding carboxylic acids is 2. The molecule has 62 valence electrons. The molecule has 3 nitrogen and oxygen atoms in total. The molecule has 3 heteroatoms. The summed E-state index contributed by atoms with van der Waals surface area (Å²) in [6.07, 6.45) is 1.43. The minimum Gasteiger partial charge on any atom is -0.377 e. The number of Topliss-reactive ketones (excluding diaryl/α,β-unsaturated/α-hetero) is 2. The average molecular weight is 156 g/mol. The lowest BCUT2D eigenvalue weighted by atomic mass is 9.97. The highest BCUT2D eigenvalue weighted by Crippen LogP contribution is 2.47. The van der Waals surface area contributed by atoms with E-state index in [4.69, 9.17) is 0 Å². The van der Waals surface area contributed by atoms with Gasteiger partial charge in [-0.2, -0.15) is 0 Å². The lowest BCUT2D eigenvalue weighted by molar-refractivity contribution is -0.135. The Balaban J connectivity index is 2.58. The molecule has 0 saturated heterocycles. The summed E-state index contributed by atoms with van der Waals surface area (Å²) in [7, 11) is 1.47. The molecule has 1 rings (SSSR count). The standard InChI is InChI=1S/C8H12O3/c1-6(9)8(3-4-8)7(10)5-11-2/h3-5H2,1-2H3. The van der Waals surface area contributed by atoms with Crippen LogP contribution in [-0.2, 0) is 14.3 Å². The summed E-state index contributed by atoms with van der Waals surface area (Å²) in [6, 6.07) is 0. The van der Waals surface area contributed by atoms with Crippen molar-refractivity contribution >= 4 is 11.6 Å². The molecule has 1 aliphatic carbocycles. The average Bonchev–Trinajstić information content (AvgIpc) is 2.66. The third-order valence-corrected chi connectivity index (χ3v) is 2.23. The fourth-order valence-corrected chi connectivity index (χ4v) is 1.22. The summed E-state index contributed by atoms with van der Waals surface area (Å²) in [5, 5.41) is 0. The molecule has 0 heterocycles. The number of rotatable bonds is 4. The largest absolute Gasteiger partial charge is 0.377 e. The molecule has 0 spiro atoms. The minimum atomic E-state index is -0.643. The van der Waals surface area contributed by atoms with E-state index in [0.29, 0.717) is 12.8 Å². The normalized spacial score (nSPS) is 19.5. The topological polar surface area (TPSA) is 43.4 Å². The van der Waals surface area contributed by atoms with E-state index in [1.54, 1.807) is 0 Å². The van der Waals surface area contributed by atoms with Crippen LogP contribution in [0.15, 0.2) is 0 Å². The number of ether oxygens (including phenoxy) is 1. The Bertz CT molecular complexity index is 192. The van der Waals surface area contributed by atoms with Crippen molar-refractivity contribution in [2.45, 2.75) is 19.8 Å². The van der Waals surface area contributed by atoms with Gasteiger partial charge < -0.3 is 4.74 Å². The Morgan fingerprint density at radius 3 is 2.27 bits per heavy atom. The van der Waals surface area contributed by atoms with Crippen molar-refractivity contribution in [1.82, 2.24) is 0 Å². The SMILES string of the molecule is COCC(=O)C1(C(C)=O)CC1. The van der Waals surface area contributed by atoms with Crippen molar-refractivity contribution < 1.29 is 14.3 Å². The molecular weight excluding hydrogens is 144 g/mol. The summed E-state index contributed by atoms with van der Waals surface area (Å²) < 4.78 is 4.68. The number of ketones is 2. The van der Waals surface area contributed by atoms with Gasteiger partial charge in [-0.25, -0.2) is 0 Å². The Labute approximate surface area is 65.7 Å². The number of methoxy groups -OCH3 is 1. The van der Waals surface area contributed by atoms with Crippen LogP contribution in [0.3, 0.4) is 0 Å². The highest BCUT2D eigenvalue weighted by molar-refractivity contribution is 6.09. The molecule has 0 aromatic heterocycles. The van der Waals surface area contributed by atoms with Crippen LogP contribution in [0.1, 0.15) is 19.8 Å². The lowest BCUT2D eigenvalue weighted by Gasteiger charge is -2.07. The minimum absolute atomic E-state index is 0.0143. The Hall–Kier alpha value is -0.700. The fraction of sp³-hybridized carbons (Fsp3) is 0.750. The molecule has 0 aromatic rings. The zero-order chi connectivity index (χ0) is 8.48. The molecule has 1 fully saturated rings. The molecule has 0 radical (unpaired) electrons. The molecule has 11 heavy (non-hydrogen) atoms. The van der Waals surface area contributed by atoms with Gasteiger partial charge in [0.15, 0.2) is 5.78 Å². The van der Waals surface area contributed by atoms with E-state index in [2.05, 4.69) is 4.74 Å². The maximum atomic E-state index is 11.2. The van der Waals surface area contributed by atoms with Gasteiger partial charge in [0.1, 0.15) is 12.4 Å². The summed E-state index contributed by atoms with van der Waals surface area (Å²) in [5.74, 6) is -0.0768. The van der Waals surface area contributed by atoms with Crippen molar-refractivity contribution in [1.29, 1.82) is 0 Å². The third-order valence-electron chi connectivity index (χ3n) is 2.23. The summed E-state index contributed by atoms with van der Waals surface area (Å²) in [4.78, 5) is 22.2. The summed E-state index contributed by atoms with van der Waals surface area (Å²) >= 11 is 0. The maximum Gasteiger partial charge on any atom is 0.171 e. The van der Waals surface area contributed by atoms with Crippen molar-refractivity contribution in [2.24, 2.45) is 5.41 Å². The highest BCUT2D eigenvalue weighted by Gasteiger charge is 2.53. The molecule has 0 N–H and O–H groups in total. The van der Waals surface area contributed by atoms with E-state index in [1.165, 1.54) is 14.0 Å². The van der Waals surface area contributed by atoms with E-state index in [0.717, 1.165) is 0 Å². The number of hydrogen-bond donors (Lipinski definition) is 0. The summed E-state index contributed by atoms with van der Waals surface area (Å²) in [6.45, 7) is 1.54. The summed E-state index contributed by atoms with van der Waals surface area (Å²) in [5.41, 5.74) is -0.643. The zero-order valence-corrected chi connectivity index (χ0v) is 6.85. The molecular formula is C8H12O3. The fourth-order valence-electron chi connectivity index (χ4n) is 1.22. The molecule has 0 aliphatic heterocycles. The molecule has 0 unspecified atom stereocenters. The van der Waals surface area contributed by atoms with Gasteiger partial charge in [-0.3, -0.25) is 9.59 Å². The number of hydrogen-bond acceptors (Lipinski definition) is 3. The van der Waals surface area contributed by atoms with Crippen LogP contribution in [0.25, 0.3) is 0 Å². The van der Waals surface area contributed by atoms with Crippen LogP contribution in [0.5, 0.6) is 0 Å². The van der Waals surface area contributed by atoms with Gasteiger partial charge in [0, 0.05) is 7.11 Å². The second-order valence-electron chi connectivity index (χ2n) is 2.99. The Kier molecular flexibility index (Phi) is 2.09. The van der Waals surface area contributed by atoms with Gasteiger partial charge >= 0.3 is 0 Å². The third kappa shape index (κ3) is 1.33. The first-order valence-corrected chi connectivity index (χ1v) is 3.67. The van der Waals surface area contributed by atoms with Crippen LogP contribution in [0.4, 0.5) is 0 Å². The van der Waals surface area contributed by atoms with E-state index in [1.807, 2.05) is 0 Å². The predicted octanol–water partition coefficient (Wildman–Crippen LogP) is 0.571. The first-order chi connectivity index (χ1) is 5.13. The second-order valence-corrected chi connectivity index (χ2v) is 2.99. The second kappa shape index (κ2) is 2.74. The van der Waals surface area contributed by atoms with Crippen LogP contribution < -0.4 is 0 Å². The van der Waals surface area contributed by atoms with E-state index in [-0.39, 0.29) is 18.2 Å². The lowest BCUT2D eigenvalue weighted by Crippen LogP contribution is -2.26. The monoisotopic (exact) mass is 156 g/mol. The van der Waals surface area contributed by atoms with E-state index >= 15 is 0 Å². The molecule has 0 aromatic carbocycles. The van der Waals surface area contributed by atoms with Gasteiger partial charge in [-0.15, -0.1) is 0 Å². The van der Waals surface area contributed by atoms with Gasteiger partial charge in [0.25, 0.3) is 0 Å². The first-order valence-electron chi connectivity index (χ1n) is 3.67. The van der Waals surface area contributed by atoms with Gasteiger partial charge in [-0.1, -0.05) is 0 Å². The van der Waals surface area contributed by atoms with Crippen molar-refractivity contribution in [3.8, 4) is 0 Å². The first kappa shape index (κ1) is 8.40. The van der Waals surface area contributed by atoms with Crippen LogP contribution >= 0.6 is 0 Å².